The van der Waals surface area contributed by atoms with Gasteiger partial charge in [0.2, 0.25) is 0 Å². The number of thiophene rings is 1. The fourth-order valence-corrected chi connectivity index (χ4v) is 3.91. The first-order chi connectivity index (χ1) is 10.2. The molecule has 0 spiro atoms. The Balaban J connectivity index is 1.79. The lowest BCUT2D eigenvalue weighted by Crippen LogP contribution is -2.17. The normalized spacial score (nSPS) is 16.8. The summed E-state index contributed by atoms with van der Waals surface area (Å²) < 4.78 is 0. The molecule has 1 N–H and O–H groups in total. The zero-order valence-electron chi connectivity index (χ0n) is 11.7. The van der Waals surface area contributed by atoms with Crippen LogP contribution in [-0.2, 0) is 0 Å². The van der Waals surface area contributed by atoms with Crippen molar-refractivity contribution < 1.29 is 4.92 Å². The quantitative estimate of drug-likeness (QED) is 0.624. The van der Waals surface area contributed by atoms with E-state index in [2.05, 4.69) is 22.8 Å². The van der Waals surface area contributed by atoms with Gasteiger partial charge in [-0.2, -0.15) is 0 Å². The highest BCUT2D eigenvalue weighted by Gasteiger charge is 2.27. The summed E-state index contributed by atoms with van der Waals surface area (Å²) in [7, 11) is 0. The van der Waals surface area contributed by atoms with Gasteiger partial charge in [0.05, 0.1) is 11.0 Å². The smallest absolute Gasteiger partial charge is 0.269 e. The number of nitro benzene ring substituents is 1. The molecule has 1 aromatic carbocycles. The minimum absolute atomic E-state index is 0.133. The van der Waals surface area contributed by atoms with Crippen LogP contribution in [-0.4, -0.2) is 4.92 Å². The molecule has 5 heteroatoms. The number of benzene rings is 1. The molecule has 21 heavy (non-hydrogen) atoms. The Morgan fingerprint density at radius 2 is 1.90 bits per heavy atom. The molecule has 0 saturated heterocycles. The second kappa shape index (κ2) is 6.26. The SMILES string of the molecule is O=[N+]([O-])c1ccc(NC(c2cccs2)C2CCCC2)cc1. The predicted octanol–water partition coefficient (Wildman–Crippen LogP) is 5.00. The Morgan fingerprint density at radius 3 is 2.48 bits per heavy atom. The standard InChI is InChI=1S/C16H18N2O2S/c19-18(20)14-9-7-13(8-10-14)17-16(12-4-1-2-5-12)15-6-3-11-21-15/h3,6-12,16-17H,1-2,4-5H2. The van der Waals surface area contributed by atoms with Crippen molar-refractivity contribution in [1.82, 2.24) is 0 Å². The van der Waals surface area contributed by atoms with Gasteiger partial charge >= 0.3 is 0 Å². The average Bonchev–Trinajstić information content (AvgIpc) is 3.19. The molecule has 0 bridgehead atoms. The Kier molecular flexibility index (Phi) is 4.20. The van der Waals surface area contributed by atoms with E-state index in [1.807, 2.05) is 0 Å². The number of hydrogen-bond acceptors (Lipinski definition) is 4. The molecule has 1 fully saturated rings. The van der Waals surface area contributed by atoms with Gasteiger partial charge in [-0.25, -0.2) is 0 Å². The fourth-order valence-electron chi connectivity index (χ4n) is 3.04. The number of nitro groups is 1. The van der Waals surface area contributed by atoms with Crippen LogP contribution in [0.1, 0.15) is 36.6 Å². The maximum absolute atomic E-state index is 10.7. The van der Waals surface area contributed by atoms with Crippen LogP contribution in [0, 0.1) is 16.0 Å². The minimum atomic E-state index is -0.364. The Bertz CT molecular complexity index is 589. The first kappa shape index (κ1) is 14.1. The molecule has 0 radical (unpaired) electrons. The third-order valence-electron chi connectivity index (χ3n) is 4.12. The van der Waals surface area contributed by atoms with Crippen LogP contribution in [0.3, 0.4) is 0 Å². The summed E-state index contributed by atoms with van der Waals surface area (Å²) in [6.07, 6.45) is 5.11. The molecule has 1 heterocycles. The lowest BCUT2D eigenvalue weighted by atomic mass is 9.96. The first-order valence-corrected chi connectivity index (χ1v) is 8.16. The lowest BCUT2D eigenvalue weighted by molar-refractivity contribution is -0.384. The zero-order chi connectivity index (χ0) is 14.7. The molecule has 0 aliphatic heterocycles. The topological polar surface area (TPSA) is 55.2 Å². The highest BCUT2D eigenvalue weighted by molar-refractivity contribution is 7.10. The van der Waals surface area contributed by atoms with Crippen LogP contribution >= 0.6 is 11.3 Å². The van der Waals surface area contributed by atoms with E-state index in [9.17, 15) is 10.1 Å². The molecule has 1 atom stereocenters. The van der Waals surface area contributed by atoms with E-state index < -0.39 is 0 Å². The molecular weight excluding hydrogens is 284 g/mol. The number of nitrogens with zero attached hydrogens (tertiary/aromatic N) is 1. The van der Waals surface area contributed by atoms with Crippen molar-refractivity contribution in [3.05, 3.63) is 56.8 Å². The number of rotatable bonds is 5. The predicted molar refractivity (Wildman–Crippen MR) is 85.7 cm³/mol. The number of hydrogen-bond donors (Lipinski definition) is 1. The van der Waals surface area contributed by atoms with Crippen LogP contribution in [0.2, 0.25) is 0 Å². The minimum Gasteiger partial charge on any atom is -0.377 e. The van der Waals surface area contributed by atoms with Gasteiger partial charge in [-0.15, -0.1) is 11.3 Å². The van der Waals surface area contributed by atoms with E-state index in [1.165, 1.54) is 30.6 Å². The van der Waals surface area contributed by atoms with Crippen LogP contribution < -0.4 is 5.32 Å². The van der Waals surface area contributed by atoms with Gasteiger partial charge in [-0.3, -0.25) is 10.1 Å². The van der Waals surface area contributed by atoms with Crippen molar-refractivity contribution in [1.29, 1.82) is 0 Å². The van der Waals surface area contributed by atoms with Gasteiger partial charge < -0.3 is 5.32 Å². The third kappa shape index (κ3) is 3.24. The van der Waals surface area contributed by atoms with Crippen LogP contribution in [0.25, 0.3) is 0 Å². The van der Waals surface area contributed by atoms with Crippen molar-refractivity contribution in [2.45, 2.75) is 31.7 Å². The average molecular weight is 302 g/mol. The Hall–Kier alpha value is -1.88. The maximum atomic E-state index is 10.7. The second-order valence-corrected chi connectivity index (χ2v) is 6.47. The summed E-state index contributed by atoms with van der Waals surface area (Å²) in [5, 5.41) is 16.4. The molecule has 110 valence electrons. The number of anilines is 1. The van der Waals surface area contributed by atoms with Gasteiger partial charge in [0.15, 0.2) is 0 Å². The monoisotopic (exact) mass is 302 g/mol. The van der Waals surface area contributed by atoms with Gasteiger partial charge in [0.25, 0.3) is 5.69 Å². The molecule has 0 amide bonds. The van der Waals surface area contributed by atoms with E-state index in [-0.39, 0.29) is 10.6 Å². The van der Waals surface area contributed by atoms with E-state index >= 15 is 0 Å². The molecule has 4 nitrogen and oxygen atoms in total. The molecule has 2 aromatic rings. The van der Waals surface area contributed by atoms with Crippen LogP contribution in [0.15, 0.2) is 41.8 Å². The lowest BCUT2D eigenvalue weighted by Gasteiger charge is -2.24. The summed E-state index contributed by atoms with van der Waals surface area (Å²) in [5.41, 5.74) is 1.08. The van der Waals surface area contributed by atoms with Crippen molar-refractivity contribution >= 4 is 22.7 Å². The van der Waals surface area contributed by atoms with Crippen LogP contribution in [0.4, 0.5) is 11.4 Å². The maximum Gasteiger partial charge on any atom is 0.269 e. The van der Waals surface area contributed by atoms with Gasteiger partial charge in [-0.1, -0.05) is 18.9 Å². The van der Waals surface area contributed by atoms with E-state index in [0.717, 1.165) is 5.69 Å². The molecule has 1 aliphatic rings. The number of non-ortho nitro benzene ring substituents is 1. The summed E-state index contributed by atoms with van der Waals surface area (Å²) in [4.78, 5) is 11.7. The van der Waals surface area contributed by atoms with E-state index in [4.69, 9.17) is 0 Å². The number of nitrogens with one attached hydrogen (secondary N) is 1. The summed E-state index contributed by atoms with van der Waals surface area (Å²) in [6, 6.07) is 11.3. The molecule has 1 aromatic heterocycles. The highest BCUT2D eigenvalue weighted by Crippen LogP contribution is 2.39. The zero-order valence-corrected chi connectivity index (χ0v) is 12.5. The van der Waals surface area contributed by atoms with Crippen LogP contribution in [0.5, 0.6) is 0 Å². The Morgan fingerprint density at radius 1 is 1.19 bits per heavy atom. The molecular formula is C16H18N2O2S. The van der Waals surface area contributed by atoms with E-state index in [0.29, 0.717) is 12.0 Å². The summed E-state index contributed by atoms with van der Waals surface area (Å²) in [6.45, 7) is 0. The summed E-state index contributed by atoms with van der Waals surface area (Å²) in [5.74, 6) is 0.652. The van der Waals surface area contributed by atoms with Crippen molar-refractivity contribution in [2.24, 2.45) is 5.92 Å². The molecule has 1 unspecified atom stereocenters. The third-order valence-corrected chi connectivity index (χ3v) is 5.08. The fraction of sp³-hybridized carbons (Fsp3) is 0.375. The van der Waals surface area contributed by atoms with Crippen molar-refractivity contribution in [3.8, 4) is 0 Å². The summed E-state index contributed by atoms with van der Waals surface area (Å²) >= 11 is 1.77. The van der Waals surface area contributed by atoms with Gasteiger partial charge in [0.1, 0.15) is 0 Å². The first-order valence-electron chi connectivity index (χ1n) is 7.28. The van der Waals surface area contributed by atoms with Gasteiger partial charge in [-0.05, 0) is 42.3 Å². The van der Waals surface area contributed by atoms with Crippen molar-refractivity contribution in [3.63, 3.8) is 0 Å². The Labute approximate surface area is 128 Å². The highest BCUT2D eigenvalue weighted by atomic mass is 32.1. The second-order valence-electron chi connectivity index (χ2n) is 5.49. The molecule has 3 rings (SSSR count). The molecule has 1 saturated carbocycles. The largest absolute Gasteiger partial charge is 0.377 e. The molecule has 1 aliphatic carbocycles. The van der Waals surface area contributed by atoms with Crippen molar-refractivity contribution in [2.75, 3.05) is 5.32 Å². The van der Waals surface area contributed by atoms with E-state index in [1.54, 1.807) is 35.6 Å². The van der Waals surface area contributed by atoms with Gasteiger partial charge in [0, 0.05) is 22.7 Å².